The average molecular weight is 373 g/mol. The molecule has 3 atom stereocenters. The summed E-state index contributed by atoms with van der Waals surface area (Å²) in [6.07, 6.45) is 6.60. The van der Waals surface area contributed by atoms with Crippen LogP contribution in [0.4, 0.5) is 0 Å². The molecule has 148 valence electrons. The second kappa shape index (κ2) is 7.44. The van der Waals surface area contributed by atoms with Crippen molar-refractivity contribution < 1.29 is 19.0 Å². The Kier molecular flexibility index (Phi) is 5.17. The Balaban J connectivity index is 1.54. The summed E-state index contributed by atoms with van der Waals surface area (Å²) in [5, 5.41) is 0. The van der Waals surface area contributed by atoms with E-state index >= 15 is 0 Å². The van der Waals surface area contributed by atoms with Crippen molar-refractivity contribution in [3.8, 4) is 5.75 Å². The van der Waals surface area contributed by atoms with Gasteiger partial charge in [-0.2, -0.15) is 0 Å². The van der Waals surface area contributed by atoms with Crippen molar-refractivity contribution in [1.29, 1.82) is 0 Å². The lowest BCUT2D eigenvalue weighted by molar-refractivity contribution is -0.0977. The molecule has 4 rings (SSSR count). The molecule has 2 aliphatic carbocycles. The molecule has 1 aromatic rings. The number of benzene rings is 1. The first-order chi connectivity index (χ1) is 13.1. The van der Waals surface area contributed by atoms with Crippen molar-refractivity contribution in [2.45, 2.75) is 63.2 Å². The van der Waals surface area contributed by atoms with Crippen LogP contribution in [0.25, 0.3) is 0 Å². The third kappa shape index (κ3) is 3.47. The summed E-state index contributed by atoms with van der Waals surface area (Å²) >= 11 is 0. The Hall–Kier alpha value is -1.59. The van der Waals surface area contributed by atoms with Gasteiger partial charge in [-0.25, -0.2) is 0 Å². The first-order valence-corrected chi connectivity index (χ1v) is 10.2. The van der Waals surface area contributed by atoms with Crippen LogP contribution in [-0.4, -0.2) is 55.9 Å². The molecule has 0 aromatic heterocycles. The molecule has 3 aliphatic rings. The number of carbonyl (C=O) groups is 1. The number of methoxy groups -OCH3 is 2. The van der Waals surface area contributed by atoms with Gasteiger partial charge >= 0.3 is 0 Å². The molecule has 5 nitrogen and oxygen atoms in total. The van der Waals surface area contributed by atoms with E-state index in [1.165, 1.54) is 12.8 Å². The van der Waals surface area contributed by atoms with Gasteiger partial charge in [-0.3, -0.25) is 4.79 Å². The van der Waals surface area contributed by atoms with Gasteiger partial charge in [0.05, 0.1) is 24.9 Å². The molecular weight excluding hydrogens is 342 g/mol. The number of ether oxygens (including phenoxy) is 3. The third-order valence-corrected chi connectivity index (χ3v) is 6.80. The van der Waals surface area contributed by atoms with E-state index in [0.717, 1.165) is 61.6 Å². The van der Waals surface area contributed by atoms with E-state index in [4.69, 9.17) is 14.2 Å². The van der Waals surface area contributed by atoms with Crippen molar-refractivity contribution in [2.75, 3.05) is 27.4 Å². The molecule has 0 N–H and O–H groups in total. The topological polar surface area (TPSA) is 48.0 Å². The Morgan fingerprint density at radius 2 is 2.04 bits per heavy atom. The highest BCUT2D eigenvalue weighted by Crippen LogP contribution is 2.44. The normalized spacial score (nSPS) is 30.3. The molecule has 5 heteroatoms. The first kappa shape index (κ1) is 18.8. The van der Waals surface area contributed by atoms with E-state index in [2.05, 4.69) is 0 Å². The zero-order valence-electron chi connectivity index (χ0n) is 16.7. The number of nitrogens with zero attached hydrogens (tertiary/aromatic N) is 1. The van der Waals surface area contributed by atoms with Gasteiger partial charge in [0.15, 0.2) is 0 Å². The summed E-state index contributed by atoms with van der Waals surface area (Å²) in [5.74, 6) is 1.60. The number of fused-ring (bicyclic) bond motifs is 1. The van der Waals surface area contributed by atoms with Crippen LogP contribution in [-0.2, 0) is 9.47 Å². The van der Waals surface area contributed by atoms with Crippen molar-refractivity contribution in [2.24, 2.45) is 5.92 Å². The maximum atomic E-state index is 13.4. The lowest BCUT2D eigenvalue weighted by Crippen LogP contribution is -2.53. The monoisotopic (exact) mass is 373 g/mol. The predicted octanol–water partition coefficient (Wildman–Crippen LogP) is 3.58. The summed E-state index contributed by atoms with van der Waals surface area (Å²) in [5.41, 5.74) is 1.40. The van der Waals surface area contributed by atoms with Gasteiger partial charge in [0, 0.05) is 31.4 Å². The number of amides is 1. The fourth-order valence-electron chi connectivity index (χ4n) is 4.84. The SMILES string of the molecule is COc1cccc(C(=O)N2CC[C@]3(OC)CC[C@H](OCC4CC4)C[C@H]23)c1C. The van der Waals surface area contributed by atoms with E-state index < -0.39 is 0 Å². The standard InChI is InChI=1S/C22H31NO4/c1-15-18(5-4-6-19(15)25-2)21(24)23-12-11-22(26-3)10-9-17(13-20(22)23)27-14-16-7-8-16/h4-6,16-17,20H,7-14H2,1-3H3/t17-,20-,22+/m0/s1. The Labute approximate surface area is 162 Å². The van der Waals surface area contributed by atoms with E-state index in [1.807, 2.05) is 30.0 Å². The minimum absolute atomic E-state index is 0.0816. The van der Waals surface area contributed by atoms with Gasteiger partial charge in [0.1, 0.15) is 5.75 Å². The molecular formula is C22H31NO4. The maximum Gasteiger partial charge on any atom is 0.254 e. The summed E-state index contributed by atoms with van der Waals surface area (Å²) in [6, 6.07) is 5.77. The Morgan fingerprint density at radius 1 is 1.22 bits per heavy atom. The number of likely N-dealkylation sites (tertiary alicyclic amines) is 1. The van der Waals surface area contributed by atoms with Crippen LogP contribution in [0.1, 0.15) is 54.4 Å². The smallest absolute Gasteiger partial charge is 0.254 e. The molecule has 27 heavy (non-hydrogen) atoms. The van der Waals surface area contributed by atoms with Gasteiger partial charge < -0.3 is 19.1 Å². The number of carbonyl (C=O) groups excluding carboxylic acids is 1. The molecule has 0 bridgehead atoms. The van der Waals surface area contributed by atoms with Gasteiger partial charge in [-0.05, 0) is 63.5 Å². The van der Waals surface area contributed by atoms with Gasteiger partial charge in [-0.15, -0.1) is 0 Å². The lowest BCUT2D eigenvalue weighted by atomic mass is 9.79. The van der Waals surface area contributed by atoms with Crippen molar-refractivity contribution >= 4 is 5.91 Å². The molecule has 2 saturated carbocycles. The quantitative estimate of drug-likeness (QED) is 0.765. The fraction of sp³-hybridized carbons (Fsp3) is 0.682. The predicted molar refractivity (Wildman–Crippen MR) is 103 cm³/mol. The number of hydrogen-bond donors (Lipinski definition) is 0. The summed E-state index contributed by atoms with van der Waals surface area (Å²) < 4.78 is 17.6. The minimum Gasteiger partial charge on any atom is -0.496 e. The van der Waals surface area contributed by atoms with E-state index in [9.17, 15) is 4.79 Å². The third-order valence-electron chi connectivity index (χ3n) is 6.80. The van der Waals surface area contributed by atoms with E-state index in [0.29, 0.717) is 0 Å². The molecule has 3 fully saturated rings. The van der Waals surface area contributed by atoms with Crippen molar-refractivity contribution in [3.63, 3.8) is 0 Å². The lowest BCUT2D eigenvalue weighted by Gasteiger charge is -2.43. The summed E-state index contributed by atoms with van der Waals surface area (Å²) in [4.78, 5) is 15.4. The second-order valence-corrected chi connectivity index (χ2v) is 8.34. The van der Waals surface area contributed by atoms with Crippen molar-refractivity contribution in [1.82, 2.24) is 4.90 Å². The number of rotatable bonds is 6. The van der Waals surface area contributed by atoms with Gasteiger partial charge in [0.25, 0.3) is 5.91 Å². The zero-order chi connectivity index (χ0) is 19.0. The van der Waals surface area contributed by atoms with Crippen LogP contribution in [0.15, 0.2) is 18.2 Å². The van der Waals surface area contributed by atoms with Crippen molar-refractivity contribution in [3.05, 3.63) is 29.3 Å². The fourth-order valence-corrected chi connectivity index (χ4v) is 4.84. The van der Waals surface area contributed by atoms with Crippen LogP contribution in [0.2, 0.25) is 0 Å². The largest absolute Gasteiger partial charge is 0.496 e. The highest BCUT2D eigenvalue weighted by molar-refractivity contribution is 5.96. The Bertz CT molecular complexity index is 702. The van der Waals surface area contributed by atoms with Crippen LogP contribution >= 0.6 is 0 Å². The van der Waals surface area contributed by atoms with Gasteiger partial charge in [-0.1, -0.05) is 6.07 Å². The Morgan fingerprint density at radius 3 is 2.74 bits per heavy atom. The van der Waals surface area contributed by atoms with E-state index in [-0.39, 0.29) is 23.7 Å². The molecule has 0 spiro atoms. The summed E-state index contributed by atoms with van der Waals surface area (Å²) in [6.45, 7) is 3.57. The zero-order valence-corrected chi connectivity index (χ0v) is 16.7. The van der Waals surface area contributed by atoms with Crippen LogP contribution in [0.3, 0.4) is 0 Å². The molecule has 1 heterocycles. The summed E-state index contributed by atoms with van der Waals surface area (Å²) in [7, 11) is 3.44. The van der Waals surface area contributed by atoms with Crippen LogP contribution < -0.4 is 4.74 Å². The molecule has 1 aromatic carbocycles. The highest BCUT2D eigenvalue weighted by Gasteiger charge is 2.53. The molecule has 1 aliphatic heterocycles. The van der Waals surface area contributed by atoms with Gasteiger partial charge in [0.2, 0.25) is 0 Å². The first-order valence-electron chi connectivity index (χ1n) is 10.2. The number of hydrogen-bond acceptors (Lipinski definition) is 4. The minimum atomic E-state index is -0.220. The van der Waals surface area contributed by atoms with E-state index in [1.54, 1.807) is 14.2 Å². The highest BCUT2D eigenvalue weighted by atomic mass is 16.5. The molecule has 1 saturated heterocycles. The molecule has 0 unspecified atom stereocenters. The molecule has 1 amide bonds. The maximum absolute atomic E-state index is 13.4. The molecule has 0 radical (unpaired) electrons. The van der Waals surface area contributed by atoms with Crippen LogP contribution in [0, 0.1) is 12.8 Å². The average Bonchev–Trinajstić information content (AvgIpc) is 3.45. The second-order valence-electron chi connectivity index (χ2n) is 8.34. The van der Waals surface area contributed by atoms with Crippen LogP contribution in [0.5, 0.6) is 5.75 Å².